The van der Waals surface area contributed by atoms with Crippen molar-refractivity contribution < 1.29 is 9.31 Å². The number of hydrogen-bond donors (Lipinski definition) is 1. The highest BCUT2D eigenvalue weighted by Crippen LogP contribution is 2.35. The first-order valence-electron chi connectivity index (χ1n) is 10.9. The smallest absolute Gasteiger partial charge is 0.353 e. The highest BCUT2D eigenvalue weighted by atomic mass is 19.1. The van der Waals surface area contributed by atoms with E-state index in [1.807, 2.05) is 47.1 Å². The van der Waals surface area contributed by atoms with Crippen molar-refractivity contribution in [3.05, 3.63) is 82.6 Å². The summed E-state index contributed by atoms with van der Waals surface area (Å²) in [6, 6.07) is 16.1. The Labute approximate surface area is 195 Å². The minimum absolute atomic E-state index is 0.0994. The van der Waals surface area contributed by atoms with Gasteiger partial charge in [-0.1, -0.05) is 30.3 Å². The van der Waals surface area contributed by atoms with Gasteiger partial charge in [0.05, 0.1) is 21.8 Å². The fourth-order valence-corrected chi connectivity index (χ4v) is 4.20. The molecule has 0 aliphatic carbocycles. The summed E-state index contributed by atoms with van der Waals surface area (Å²) >= 11 is 0. The molecule has 1 N–H and O–H groups in total. The summed E-state index contributed by atoms with van der Waals surface area (Å²) in [5.41, 5.74) is 2.49. The normalized spacial score (nSPS) is 13.8. The summed E-state index contributed by atoms with van der Waals surface area (Å²) in [6.45, 7) is 3.83. The van der Waals surface area contributed by atoms with Gasteiger partial charge in [-0.15, -0.1) is 0 Å². The van der Waals surface area contributed by atoms with Crippen LogP contribution in [0.4, 0.5) is 33.1 Å². The molecule has 1 aliphatic heterocycles. The fraction of sp³-hybridized carbons (Fsp3) is 0.208. The zero-order chi connectivity index (χ0) is 23.7. The van der Waals surface area contributed by atoms with Crippen LogP contribution < -0.4 is 15.1 Å². The van der Waals surface area contributed by atoms with Gasteiger partial charge in [0.15, 0.2) is 0 Å². The summed E-state index contributed by atoms with van der Waals surface area (Å²) in [5.74, 6) is 0.0526. The lowest BCUT2D eigenvalue weighted by molar-refractivity contribution is -0.383. The van der Waals surface area contributed by atoms with Gasteiger partial charge in [0.25, 0.3) is 0 Å². The average molecular weight is 459 g/mol. The first-order valence-corrected chi connectivity index (χ1v) is 10.9. The number of aryl methyl sites for hydroxylation is 1. The van der Waals surface area contributed by atoms with Crippen LogP contribution in [0.25, 0.3) is 10.9 Å². The van der Waals surface area contributed by atoms with Crippen LogP contribution in [0.5, 0.6) is 0 Å². The number of benzene rings is 2. The number of piperazine rings is 1. The van der Waals surface area contributed by atoms with Crippen LogP contribution in [0.15, 0.2) is 60.9 Å². The third-order valence-electron chi connectivity index (χ3n) is 5.87. The molecule has 1 aliphatic rings. The lowest BCUT2D eigenvalue weighted by Crippen LogP contribution is -2.47. The molecule has 172 valence electrons. The van der Waals surface area contributed by atoms with Gasteiger partial charge in [-0.05, 0) is 31.2 Å². The number of pyridine rings is 1. The van der Waals surface area contributed by atoms with Crippen molar-refractivity contribution in [3.63, 3.8) is 0 Å². The van der Waals surface area contributed by atoms with Crippen LogP contribution >= 0.6 is 0 Å². The Morgan fingerprint density at radius 3 is 2.50 bits per heavy atom. The summed E-state index contributed by atoms with van der Waals surface area (Å²) in [7, 11) is 0. The zero-order valence-corrected chi connectivity index (χ0v) is 18.5. The summed E-state index contributed by atoms with van der Waals surface area (Å²) in [5, 5.41) is 16.1. The van der Waals surface area contributed by atoms with Crippen molar-refractivity contribution in [2.75, 3.05) is 41.3 Å². The Hall–Kier alpha value is -4.34. The minimum Gasteiger partial charge on any atom is -0.366 e. The number of nitrogens with zero attached hydrogens (tertiary/aromatic N) is 6. The first kappa shape index (κ1) is 21.5. The van der Waals surface area contributed by atoms with Crippen molar-refractivity contribution >= 4 is 39.6 Å². The van der Waals surface area contributed by atoms with E-state index in [4.69, 9.17) is 0 Å². The Balaban J connectivity index is 1.44. The van der Waals surface area contributed by atoms with Gasteiger partial charge >= 0.3 is 5.69 Å². The van der Waals surface area contributed by atoms with Crippen LogP contribution in [0.1, 0.15) is 5.69 Å². The molecule has 1 fully saturated rings. The fourth-order valence-electron chi connectivity index (χ4n) is 4.20. The van der Waals surface area contributed by atoms with Crippen molar-refractivity contribution in [2.45, 2.75) is 6.92 Å². The molecular formula is C24H22FN7O2. The zero-order valence-electron chi connectivity index (χ0n) is 18.5. The number of fused-ring (bicyclic) bond motifs is 1. The van der Waals surface area contributed by atoms with Crippen molar-refractivity contribution in [1.29, 1.82) is 0 Å². The summed E-state index contributed by atoms with van der Waals surface area (Å²) in [4.78, 5) is 28.4. The van der Waals surface area contributed by atoms with Crippen LogP contribution in [-0.2, 0) is 0 Å². The minimum atomic E-state index is -0.468. The Kier molecular flexibility index (Phi) is 5.62. The average Bonchev–Trinajstić information content (AvgIpc) is 2.84. The van der Waals surface area contributed by atoms with Crippen LogP contribution in [0.2, 0.25) is 0 Å². The second kappa shape index (κ2) is 8.89. The van der Waals surface area contributed by atoms with Gasteiger partial charge in [0, 0.05) is 37.3 Å². The van der Waals surface area contributed by atoms with E-state index in [-0.39, 0.29) is 23.1 Å². The van der Waals surface area contributed by atoms with Gasteiger partial charge in [-0.2, -0.15) is 0 Å². The molecule has 0 unspecified atom stereocenters. The summed E-state index contributed by atoms with van der Waals surface area (Å²) in [6.07, 6.45) is 1.32. The molecule has 1 saturated heterocycles. The number of nitro groups is 1. The van der Waals surface area contributed by atoms with Gasteiger partial charge < -0.3 is 15.1 Å². The molecule has 0 atom stereocenters. The molecule has 9 nitrogen and oxygen atoms in total. The van der Waals surface area contributed by atoms with Gasteiger partial charge in [-0.3, -0.25) is 15.1 Å². The Bertz CT molecular complexity index is 1370. The number of rotatable bonds is 5. The van der Waals surface area contributed by atoms with E-state index in [0.717, 1.165) is 11.1 Å². The summed E-state index contributed by atoms with van der Waals surface area (Å²) < 4.78 is 14.2. The molecule has 34 heavy (non-hydrogen) atoms. The van der Waals surface area contributed by atoms with E-state index in [0.29, 0.717) is 43.1 Å². The SMILES string of the molecule is Cc1ccc2cccc(Nc3ncnc(N4CCN(c5ccccc5F)CC4)c3[N+](=O)[O-])c2n1. The van der Waals surface area contributed by atoms with Crippen molar-refractivity contribution in [1.82, 2.24) is 15.0 Å². The third-order valence-corrected chi connectivity index (χ3v) is 5.87. The molecule has 0 spiro atoms. The molecule has 3 heterocycles. The van der Waals surface area contributed by atoms with E-state index in [1.165, 1.54) is 12.4 Å². The number of hydrogen-bond acceptors (Lipinski definition) is 8. The van der Waals surface area contributed by atoms with Gasteiger partial charge in [0.2, 0.25) is 11.6 Å². The lowest BCUT2D eigenvalue weighted by atomic mass is 10.1. The number of halogens is 1. The van der Waals surface area contributed by atoms with Crippen LogP contribution in [0, 0.1) is 22.9 Å². The Morgan fingerprint density at radius 2 is 1.74 bits per heavy atom. The number of aromatic nitrogens is 3. The molecule has 10 heteroatoms. The predicted molar refractivity (Wildman–Crippen MR) is 129 cm³/mol. The topological polar surface area (TPSA) is 100 Å². The molecule has 5 rings (SSSR count). The van der Waals surface area contributed by atoms with E-state index in [2.05, 4.69) is 20.3 Å². The first-order chi connectivity index (χ1) is 16.5. The lowest BCUT2D eigenvalue weighted by Gasteiger charge is -2.36. The largest absolute Gasteiger partial charge is 0.366 e. The van der Waals surface area contributed by atoms with Crippen LogP contribution in [-0.4, -0.2) is 46.1 Å². The van der Waals surface area contributed by atoms with E-state index in [1.54, 1.807) is 18.2 Å². The predicted octanol–water partition coefficient (Wildman–Crippen LogP) is 4.45. The maximum atomic E-state index is 14.2. The quantitative estimate of drug-likeness (QED) is 0.345. The third kappa shape index (κ3) is 4.05. The number of nitrogens with one attached hydrogen (secondary N) is 1. The van der Waals surface area contributed by atoms with E-state index in [9.17, 15) is 14.5 Å². The number of anilines is 4. The highest BCUT2D eigenvalue weighted by molar-refractivity contribution is 5.93. The molecule has 0 amide bonds. The maximum absolute atomic E-state index is 14.2. The molecule has 4 aromatic rings. The van der Waals surface area contributed by atoms with E-state index >= 15 is 0 Å². The van der Waals surface area contributed by atoms with Gasteiger partial charge in [0.1, 0.15) is 12.1 Å². The van der Waals surface area contributed by atoms with Crippen molar-refractivity contribution in [3.8, 4) is 0 Å². The standard InChI is InChI=1S/C24H22FN7O2/c1-16-9-10-17-5-4-7-19(21(17)28-16)29-23-22(32(33)34)24(27-15-26-23)31-13-11-30(12-14-31)20-8-3-2-6-18(20)25/h2-10,15H,11-14H2,1H3,(H,26,27,29). The van der Waals surface area contributed by atoms with Crippen molar-refractivity contribution in [2.24, 2.45) is 0 Å². The number of para-hydroxylation sites is 2. The molecule has 0 bridgehead atoms. The Morgan fingerprint density at radius 1 is 0.971 bits per heavy atom. The second-order valence-corrected chi connectivity index (χ2v) is 8.03. The van der Waals surface area contributed by atoms with Crippen LogP contribution in [0.3, 0.4) is 0 Å². The molecule has 2 aromatic heterocycles. The van der Waals surface area contributed by atoms with E-state index < -0.39 is 4.92 Å². The molecular weight excluding hydrogens is 437 g/mol. The molecule has 0 radical (unpaired) electrons. The molecule has 2 aromatic carbocycles. The maximum Gasteiger partial charge on any atom is 0.353 e. The highest BCUT2D eigenvalue weighted by Gasteiger charge is 2.30. The monoisotopic (exact) mass is 459 g/mol. The van der Waals surface area contributed by atoms with Gasteiger partial charge in [-0.25, -0.2) is 14.4 Å². The second-order valence-electron chi connectivity index (χ2n) is 8.03. The molecule has 0 saturated carbocycles.